The molecule has 118 valence electrons. The van der Waals surface area contributed by atoms with Gasteiger partial charge in [-0.2, -0.15) is 5.26 Å². The zero-order valence-electron chi connectivity index (χ0n) is 13.4. The molecule has 1 saturated heterocycles. The molecule has 0 N–H and O–H groups in total. The van der Waals surface area contributed by atoms with Crippen LogP contribution in [0.15, 0.2) is 12.1 Å². The average molecular weight is 303 g/mol. The van der Waals surface area contributed by atoms with Crippen molar-refractivity contribution in [1.29, 1.82) is 5.26 Å². The second-order valence-electron chi connectivity index (χ2n) is 6.37. The highest BCUT2D eigenvalue weighted by atomic mass is 16.6. The molecule has 0 unspecified atom stereocenters. The predicted molar refractivity (Wildman–Crippen MR) is 81.4 cm³/mol. The van der Waals surface area contributed by atoms with Crippen molar-refractivity contribution in [1.82, 2.24) is 15.1 Å². The molecule has 22 heavy (non-hydrogen) atoms. The first-order valence-electron chi connectivity index (χ1n) is 7.25. The predicted octanol–water partition coefficient (Wildman–Crippen LogP) is 1.79. The largest absolute Gasteiger partial charge is 0.444 e. The first kappa shape index (κ1) is 16.0. The lowest BCUT2D eigenvalue weighted by Gasteiger charge is -2.27. The summed E-state index contributed by atoms with van der Waals surface area (Å²) in [4.78, 5) is 15.8. The van der Waals surface area contributed by atoms with E-state index in [0.717, 1.165) is 6.42 Å². The van der Waals surface area contributed by atoms with E-state index in [1.807, 2.05) is 38.8 Å². The number of hydrogen-bond acceptors (Lipinski definition) is 6. The Balaban J connectivity index is 1.97. The van der Waals surface area contributed by atoms with Crippen LogP contribution in [0.1, 0.15) is 32.9 Å². The maximum Gasteiger partial charge on any atom is 0.410 e. The summed E-state index contributed by atoms with van der Waals surface area (Å²) in [6.07, 6.45) is 0.562. The van der Waals surface area contributed by atoms with Crippen molar-refractivity contribution in [2.45, 2.75) is 38.8 Å². The van der Waals surface area contributed by atoms with Gasteiger partial charge in [0, 0.05) is 26.2 Å². The number of likely N-dealkylation sites (tertiary alicyclic amines) is 1. The Bertz CT molecular complexity index is 573. The zero-order valence-corrected chi connectivity index (χ0v) is 13.4. The molecule has 0 aromatic carbocycles. The Labute approximate surface area is 130 Å². The van der Waals surface area contributed by atoms with Crippen LogP contribution in [0.5, 0.6) is 0 Å². The van der Waals surface area contributed by atoms with E-state index in [1.54, 1.807) is 17.0 Å². The summed E-state index contributed by atoms with van der Waals surface area (Å²) in [5.74, 6) is 0.690. The smallest absolute Gasteiger partial charge is 0.410 e. The number of likely N-dealkylation sites (N-methyl/N-ethyl adjacent to an activating group) is 1. The minimum atomic E-state index is -0.486. The zero-order chi connectivity index (χ0) is 16.3. The van der Waals surface area contributed by atoms with Gasteiger partial charge in [-0.15, -0.1) is 10.2 Å². The highest BCUT2D eigenvalue weighted by molar-refractivity contribution is 5.68. The van der Waals surface area contributed by atoms with E-state index in [4.69, 9.17) is 10.00 Å². The SMILES string of the molecule is CN(c1ccc(C#N)nn1)[C@@H]1CCN(C(=O)OC(C)(C)C)C1. The van der Waals surface area contributed by atoms with Gasteiger partial charge in [0.2, 0.25) is 0 Å². The van der Waals surface area contributed by atoms with Gasteiger partial charge >= 0.3 is 6.09 Å². The maximum absolute atomic E-state index is 12.1. The first-order chi connectivity index (χ1) is 10.3. The second-order valence-corrected chi connectivity index (χ2v) is 6.37. The molecule has 0 spiro atoms. The van der Waals surface area contributed by atoms with E-state index in [-0.39, 0.29) is 12.1 Å². The van der Waals surface area contributed by atoms with E-state index in [9.17, 15) is 4.79 Å². The molecule has 1 aromatic heterocycles. The minimum Gasteiger partial charge on any atom is -0.444 e. The standard InChI is InChI=1S/C15H21N5O2/c1-15(2,3)22-14(21)20-8-7-12(10-20)19(4)13-6-5-11(9-16)17-18-13/h5-6,12H,7-8,10H2,1-4H3/t12-/m1/s1. The van der Waals surface area contributed by atoms with Gasteiger partial charge in [0.05, 0.1) is 0 Å². The van der Waals surface area contributed by atoms with Crippen molar-refractivity contribution in [3.8, 4) is 6.07 Å². The van der Waals surface area contributed by atoms with Gasteiger partial charge in [-0.05, 0) is 39.3 Å². The number of anilines is 1. The van der Waals surface area contributed by atoms with Crippen molar-refractivity contribution in [3.63, 3.8) is 0 Å². The van der Waals surface area contributed by atoms with Gasteiger partial charge in [-0.1, -0.05) is 0 Å². The molecule has 0 bridgehead atoms. The van der Waals surface area contributed by atoms with Gasteiger partial charge < -0.3 is 14.5 Å². The minimum absolute atomic E-state index is 0.162. The summed E-state index contributed by atoms with van der Waals surface area (Å²) in [7, 11) is 1.92. The van der Waals surface area contributed by atoms with Crippen LogP contribution in [0.2, 0.25) is 0 Å². The molecule has 1 atom stereocenters. The summed E-state index contributed by atoms with van der Waals surface area (Å²) >= 11 is 0. The fourth-order valence-corrected chi connectivity index (χ4v) is 2.31. The fraction of sp³-hybridized carbons (Fsp3) is 0.600. The highest BCUT2D eigenvalue weighted by Crippen LogP contribution is 2.21. The van der Waals surface area contributed by atoms with Gasteiger partial charge in [0.15, 0.2) is 11.5 Å². The molecule has 1 fully saturated rings. The number of ether oxygens (including phenoxy) is 1. The van der Waals surface area contributed by atoms with Crippen LogP contribution in [0.25, 0.3) is 0 Å². The van der Waals surface area contributed by atoms with Gasteiger partial charge in [0.25, 0.3) is 0 Å². The average Bonchev–Trinajstić information content (AvgIpc) is 2.95. The third-order valence-corrected chi connectivity index (χ3v) is 3.49. The summed E-state index contributed by atoms with van der Waals surface area (Å²) < 4.78 is 5.39. The van der Waals surface area contributed by atoms with Crippen LogP contribution in [-0.4, -0.2) is 53.0 Å². The van der Waals surface area contributed by atoms with Crippen LogP contribution in [0.4, 0.5) is 10.6 Å². The molecule has 0 saturated carbocycles. The number of carbonyl (C=O) groups is 1. The molecule has 1 aliphatic rings. The van der Waals surface area contributed by atoms with Gasteiger partial charge in [-0.25, -0.2) is 4.79 Å². The molecule has 0 aliphatic carbocycles. The Morgan fingerprint density at radius 3 is 2.73 bits per heavy atom. The number of carbonyl (C=O) groups excluding carboxylic acids is 1. The first-order valence-corrected chi connectivity index (χ1v) is 7.25. The summed E-state index contributed by atoms with van der Waals surface area (Å²) in [6, 6.07) is 5.51. The lowest BCUT2D eigenvalue weighted by Crippen LogP contribution is -2.39. The summed E-state index contributed by atoms with van der Waals surface area (Å²) in [6.45, 7) is 6.82. The molecule has 2 heterocycles. The Morgan fingerprint density at radius 1 is 1.45 bits per heavy atom. The van der Waals surface area contributed by atoms with Crippen LogP contribution >= 0.6 is 0 Å². The molecule has 1 amide bonds. The van der Waals surface area contributed by atoms with E-state index in [1.165, 1.54) is 0 Å². The quantitative estimate of drug-likeness (QED) is 0.828. The van der Waals surface area contributed by atoms with Crippen LogP contribution in [-0.2, 0) is 4.74 Å². The second kappa shape index (κ2) is 6.18. The van der Waals surface area contributed by atoms with Gasteiger partial charge in [0.1, 0.15) is 11.7 Å². The number of amides is 1. The third kappa shape index (κ3) is 3.85. The van der Waals surface area contributed by atoms with E-state index >= 15 is 0 Å². The van der Waals surface area contributed by atoms with Crippen molar-refractivity contribution in [3.05, 3.63) is 17.8 Å². The van der Waals surface area contributed by atoms with Gasteiger partial charge in [-0.3, -0.25) is 0 Å². The topological polar surface area (TPSA) is 82.4 Å². The Kier molecular flexibility index (Phi) is 4.50. The van der Waals surface area contributed by atoms with Crippen LogP contribution < -0.4 is 4.90 Å². The molecule has 1 aromatic rings. The summed E-state index contributed by atoms with van der Waals surface area (Å²) in [5, 5.41) is 16.6. The lowest BCUT2D eigenvalue weighted by molar-refractivity contribution is 0.0292. The van der Waals surface area contributed by atoms with Crippen LogP contribution in [0, 0.1) is 11.3 Å². The molecular weight excluding hydrogens is 282 g/mol. The normalized spacial score (nSPS) is 18.0. The summed E-state index contributed by atoms with van der Waals surface area (Å²) in [5.41, 5.74) is -0.196. The number of nitriles is 1. The highest BCUT2D eigenvalue weighted by Gasteiger charge is 2.32. The fourth-order valence-electron chi connectivity index (χ4n) is 2.31. The number of hydrogen-bond donors (Lipinski definition) is 0. The molecular formula is C15H21N5O2. The molecule has 1 aliphatic heterocycles. The molecule has 7 nitrogen and oxygen atoms in total. The van der Waals surface area contributed by atoms with Crippen molar-refractivity contribution in [2.75, 3.05) is 25.0 Å². The molecule has 0 radical (unpaired) electrons. The van der Waals surface area contributed by atoms with Crippen molar-refractivity contribution in [2.24, 2.45) is 0 Å². The van der Waals surface area contributed by atoms with E-state index in [0.29, 0.717) is 24.6 Å². The van der Waals surface area contributed by atoms with Crippen LogP contribution in [0.3, 0.4) is 0 Å². The molecule has 7 heteroatoms. The Morgan fingerprint density at radius 2 is 2.18 bits per heavy atom. The maximum atomic E-state index is 12.1. The monoisotopic (exact) mass is 303 g/mol. The van der Waals surface area contributed by atoms with Crippen molar-refractivity contribution >= 4 is 11.9 Å². The third-order valence-electron chi connectivity index (χ3n) is 3.49. The lowest BCUT2D eigenvalue weighted by atomic mass is 10.2. The number of rotatable bonds is 2. The molecule has 2 rings (SSSR count). The number of aromatic nitrogens is 2. The Hall–Kier alpha value is -2.36. The van der Waals surface area contributed by atoms with E-state index < -0.39 is 5.60 Å². The van der Waals surface area contributed by atoms with Crippen molar-refractivity contribution < 1.29 is 9.53 Å². The number of nitrogens with zero attached hydrogens (tertiary/aromatic N) is 5. The van der Waals surface area contributed by atoms with E-state index in [2.05, 4.69) is 10.2 Å².